The van der Waals surface area contributed by atoms with Gasteiger partial charge in [-0.05, 0) is 18.4 Å². The third-order valence-electron chi connectivity index (χ3n) is 3.04. The SMILES string of the molecule is NC(=O)[C@H](NC1CCOCC1)c1ccccc1. The van der Waals surface area contributed by atoms with Gasteiger partial charge in [-0.3, -0.25) is 10.1 Å². The number of primary amides is 1. The van der Waals surface area contributed by atoms with E-state index >= 15 is 0 Å². The summed E-state index contributed by atoms with van der Waals surface area (Å²) in [6.45, 7) is 1.50. The Hall–Kier alpha value is -1.39. The molecular formula is C13H18N2O2. The molecule has 1 amide bonds. The van der Waals surface area contributed by atoms with Gasteiger partial charge in [-0.1, -0.05) is 30.3 Å². The van der Waals surface area contributed by atoms with Crippen molar-refractivity contribution in [1.82, 2.24) is 5.32 Å². The third kappa shape index (κ3) is 3.28. The normalized spacial score (nSPS) is 18.8. The van der Waals surface area contributed by atoms with Crippen LogP contribution in [0.3, 0.4) is 0 Å². The first kappa shape index (κ1) is 12.1. The summed E-state index contributed by atoms with van der Waals surface area (Å²) in [5, 5.41) is 3.32. The van der Waals surface area contributed by atoms with Crippen molar-refractivity contribution in [2.75, 3.05) is 13.2 Å². The topological polar surface area (TPSA) is 64.4 Å². The molecule has 0 aromatic heterocycles. The quantitative estimate of drug-likeness (QED) is 0.816. The molecule has 1 aromatic carbocycles. The van der Waals surface area contributed by atoms with Crippen molar-refractivity contribution in [1.29, 1.82) is 0 Å². The molecule has 4 heteroatoms. The van der Waals surface area contributed by atoms with Crippen LogP contribution >= 0.6 is 0 Å². The molecule has 0 aliphatic carbocycles. The lowest BCUT2D eigenvalue weighted by molar-refractivity contribution is -0.120. The van der Waals surface area contributed by atoms with E-state index in [-0.39, 0.29) is 5.91 Å². The number of carbonyl (C=O) groups is 1. The van der Waals surface area contributed by atoms with E-state index in [9.17, 15) is 4.79 Å². The Labute approximate surface area is 101 Å². The fourth-order valence-electron chi connectivity index (χ4n) is 2.09. The van der Waals surface area contributed by atoms with Crippen LogP contribution in [0, 0.1) is 0 Å². The minimum Gasteiger partial charge on any atom is -0.381 e. The molecule has 0 saturated carbocycles. The van der Waals surface area contributed by atoms with Gasteiger partial charge in [-0.25, -0.2) is 0 Å². The molecule has 1 aliphatic heterocycles. The van der Waals surface area contributed by atoms with Crippen LogP contribution < -0.4 is 11.1 Å². The number of ether oxygens (including phenoxy) is 1. The maximum atomic E-state index is 11.5. The molecule has 2 rings (SSSR count). The fraction of sp³-hybridized carbons (Fsp3) is 0.462. The molecule has 0 bridgehead atoms. The zero-order valence-corrected chi connectivity index (χ0v) is 9.76. The molecule has 1 heterocycles. The summed E-state index contributed by atoms with van der Waals surface area (Å²) < 4.78 is 5.29. The monoisotopic (exact) mass is 234 g/mol. The first-order valence-corrected chi connectivity index (χ1v) is 5.95. The van der Waals surface area contributed by atoms with E-state index in [0.717, 1.165) is 31.6 Å². The molecule has 0 unspecified atom stereocenters. The zero-order valence-electron chi connectivity index (χ0n) is 9.76. The summed E-state index contributed by atoms with van der Waals surface area (Å²) in [4.78, 5) is 11.5. The number of benzene rings is 1. The second-order valence-corrected chi connectivity index (χ2v) is 4.30. The van der Waals surface area contributed by atoms with Crippen molar-refractivity contribution in [2.45, 2.75) is 24.9 Å². The van der Waals surface area contributed by atoms with Gasteiger partial charge in [0.05, 0.1) is 0 Å². The Morgan fingerprint density at radius 3 is 2.53 bits per heavy atom. The second kappa shape index (κ2) is 5.80. The largest absolute Gasteiger partial charge is 0.381 e. The van der Waals surface area contributed by atoms with Gasteiger partial charge in [0, 0.05) is 19.3 Å². The van der Waals surface area contributed by atoms with Crippen LogP contribution in [0.1, 0.15) is 24.4 Å². The van der Waals surface area contributed by atoms with E-state index in [1.165, 1.54) is 0 Å². The van der Waals surface area contributed by atoms with Gasteiger partial charge in [-0.15, -0.1) is 0 Å². The molecule has 0 radical (unpaired) electrons. The first-order valence-electron chi connectivity index (χ1n) is 5.95. The molecule has 1 aliphatic rings. The maximum Gasteiger partial charge on any atom is 0.239 e. The summed E-state index contributed by atoms with van der Waals surface area (Å²) in [6, 6.07) is 9.49. The molecule has 17 heavy (non-hydrogen) atoms. The van der Waals surface area contributed by atoms with E-state index in [2.05, 4.69) is 5.32 Å². The molecule has 4 nitrogen and oxygen atoms in total. The Morgan fingerprint density at radius 2 is 1.94 bits per heavy atom. The summed E-state index contributed by atoms with van der Waals surface area (Å²) in [5.74, 6) is -0.331. The summed E-state index contributed by atoms with van der Waals surface area (Å²) in [6.07, 6.45) is 1.85. The van der Waals surface area contributed by atoms with Crippen molar-refractivity contribution in [3.8, 4) is 0 Å². The summed E-state index contributed by atoms with van der Waals surface area (Å²) in [5.41, 5.74) is 6.38. The number of hydrogen-bond donors (Lipinski definition) is 2. The molecular weight excluding hydrogens is 216 g/mol. The molecule has 1 saturated heterocycles. The van der Waals surface area contributed by atoms with Gasteiger partial charge in [-0.2, -0.15) is 0 Å². The van der Waals surface area contributed by atoms with Gasteiger partial charge in [0.25, 0.3) is 0 Å². The number of rotatable bonds is 4. The lowest BCUT2D eigenvalue weighted by atomic mass is 10.0. The van der Waals surface area contributed by atoms with Gasteiger partial charge in [0.15, 0.2) is 0 Å². The highest BCUT2D eigenvalue weighted by Gasteiger charge is 2.22. The van der Waals surface area contributed by atoms with E-state index in [0.29, 0.717) is 6.04 Å². The lowest BCUT2D eigenvalue weighted by Gasteiger charge is -2.27. The lowest BCUT2D eigenvalue weighted by Crippen LogP contribution is -2.42. The predicted molar refractivity (Wildman–Crippen MR) is 65.4 cm³/mol. The smallest absolute Gasteiger partial charge is 0.239 e. The average Bonchev–Trinajstić information content (AvgIpc) is 2.38. The highest BCUT2D eigenvalue weighted by atomic mass is 16.5. The number of hydrogen-bond acceptors (Lipinski definition) is 3. The van der Waals surface area contributed by atoms with Crippen LogP contribution in [0.2, 0.25) is 0 Å². The maximum absolute atomic E-state index is 11.5. The minimum atomic E-state index is -0.403. The van der Waals surface area contributed by atoms with E-state index in [1.54, 1.807) is 0 Å². The van der Waals surface area contributed by atoms with Crippen LogP contribution in [-0.4, -0.2) is 25.2 Å². The van der Waals surface area contributed by atoms with E-state index in [1.807, 2.05) is 30.3 Å². The van der Waals surface area contributed by atoms with Gasteiger partial charge in [0.2, 0.25) is 5.91 Å². The van der Waals surface area contributed by atoms with E-state index < -0.39 is 6.04 Å². The number of amides is 1. The van der Waals surface area contributed by atoms with Crippen LogP contribution in [0.4, 0.5) is 0 Å². The fourth-order valence-corrected chi connectivity index (χ4v) is 2.09. The molecule has 0 spiro atoms. The van der Waals surface area contributed by atoms with Crippen molar-refractivity contribution in [3.63, 3.8) is 0 Å². The number of nitrogens with one attached hydrogen (secondary N) is 1. The highest BCUT2D eigenvalue weighted by molar-refractivity contribution is 5.81. The average molecular weight is 234 g/mol. The van der Waals surface area contributed by atoms with Crippen molar-refractivity contribution in [3.05, 3.63) is 35.9 Å². The zero-order chi connectivity index (χ0) is 12.1. The number of nitrogens with two attached hydrogens (primary N) is 1. The minimum absolute atomic E-state index is 0.307. The number of carbonyl (C=O) groups excluding carboxylic acids is 1. The van der Waals surface area contributed by atoms with Gasteiger partial charge >= 0.3 is 0 Å². The van der Waals surface area contributed by atoms with Crippen LogP contribution in [0.25, 0.3) is 0 Å². The second-order valence-electron chi connectivity index (χ2n) is 4.30. The standard InChI is InChI=1S/C13H18N2O2/c14-13(16)12(10-4-2-1-3-5-10)15-11-6-8-17-9-7-11/h1-5,11-12,15H,6-9H2,(H2,14,16)/t12-/m1/s1. The van der Waals surface area contributed by atoms with Gasteiger partial charge in [0.1, 0.15) is 6.04 Å². The predicted octanol–water partition coefficient (Wildman–Crippen LogP) is 0.982. The Bertz CT molecular complexity index is 361. The van der Waals surface area contributed by atoms with Crippen molar-refractivity contribution in [2.24, 2.45) is 5.73 Å². The van der Waals surface area contributed by atoms with Crippen LogP contribution in [0.15, 0.2) is 30.3 Å². The molecule has 3 N–H and O–H groups in total. The summed E-state index contributed by atoms with van der Waals surface area (Å²) >= 11 is 0. The van der Waals surface area contributed by atoms with E-state index in [4.69, 9.17) is 10.5 Å². The molecule has 1 atom stereocenters. The van der Waals surface area contributed by atoms with Crippen LogP contribution in [-0.2, 0) is 9.53 Å². The van der Waals surface area contributed by atoms with Crippen molar-refractivity contribution >= 4 is 5.91 Å². The Kier molecular flexibility index (Phi) is 4.12. The van der Waals surface area contributed by atoms with Crippen LogP contribution in [0.5, 0.6) is 0 Å². The third-order valence-corrected chi connectivity index (χ3v) is 3.04. The molecule has 92 valence electrons. The van der Waals surface area contributed by atoms with Gasteiger partial charge < -0.3 is 10.5 Å². The Balaban J connectivity index is 2.05. The summed E-state index contributed by atoms with van der Waals surface area (Å²) in [7, 11) is 0. The molecule has 1 fully saturated rings. The first-order chi connectivity index (χ1) is 8.27. The van der Waals surface area contributed by atoms with Crippen molar-refractivity contribution < 1.29 is 9.53 Å². The highest BCUT2D eigenvalue weighted by Crippen LogP contribution is 2.16. The Morgan fingerprint density at radius 1 is 1.29 bits per heavy atom. The molecule has 1 aromatic rings.